The molecule has 164 valence electrons. The van der Waals surface area contributed by atoms with Crippen LogP contribution >= 0.6 is 0 Å². The van der Waals surface area contributed by atoms with Crippen molar-refractivity contribution in [3.8, 4) is 0 Å². The summed E-state index contributed by atoms with van der Waals surface area (Å²) < 4.78 is 1.83. The second-order valence-corrected chi connectivity index (χ2v) is 8.14. The molecule has 1 atom stereocenters. The maximum absolute atomic E-state index is 12.6. The Morgan fingerprint density at radius 1 is 1.31 bits per heavy atom. The average Bonchev–Trinajstić information content (AvgIpc) is 3.14. The number of aromatic nitrogens is 2. The minimum atomic E-state index is 0.171. The zero-order valence-electron chi connectivity index (χ0n) is 19.0. The third-order valence-electron chi connectivity index (χ3n) is 5.90. The van der Waals surface area contributed by atoms with Crippen molar-refractivity contribution >= 4 is 11.9 Å². The van der Waals surface area contributed by atoms with Gasteiger partial charge in [0.1, 0.15) is 0 Å². The summed E-state index contributed by atoms with van der Waals surface area (Å²) >= 11 is 0. The van der Waals surface area contributed by atoms with Gasteiger partial charge in [0, 0.05) is 57.4 Å². The van der Waals surface area contributed by atoms with Gasteiger partial charge < -0.3 is 20.4 Å². The van der Waals surface area contributed by atoms with Crippen molar-refractivity contribution in [1.29, 1.82) is 0 Å². The van der Waals surface area contributed by atoms with Crippen LogP contribution in [0.1, 0.15) is 51.1 Å². The number of likely N-dealkylation sites (tertiary alicyclic amines) is 1. The van der Waals surface area contributed by atoms with Crippen LogP contribution in [0.4, 0.5) is 0 Å². The van der Waals surface area contributed by atoms with E-state index in [1.807, 2.05) is 22.8 Å². The lowest BCUT2D eigenvalue weighted by Gasteiger charge is -2.35. The topological polar surface area (TPSA) is 77.8 Å². The predicted molar refractivity (Wildman–Crippen MR) is 118 cm³/mol. The van der Waals surface area contributed by atoms with Crippen molar-refractivity contribution in [3.05, 3.63) is 18.0 Å². The number of likely N-dealkylation sites (N-methyl/N-ethyl adjacent to an activating group) is 1. The molecule has 2 heterocycles. The maximum atomic E-state index is 12.6. The molecule has 1 saturated heterocycles. The minimum absolute atomic E-state index is 0.171. The fraction of sp³-hybridized carbons (Fsp3) is 0.762. The molecule has 1 fully saturated rings. The number of hydrogen-bond acceptors (Lipinski definition) is 4. The van der Waals surface area contributed by atoms with Gasteiger partial charge in [-0.1, -0.05) is 13.8 Å². The largest absolute Gasteiger partial charge is 0.354 e. The van der Waals surface area contributed by atoms with Gasteiger partial charge in [0.25, 0.3) is 0 Å². The molecule has 0 saturated carbocycles. The normalized spacial score (nSPS) is 17.1. The van der Waals surface area contributed by atoms with Gasteiger partial charge in [-0.15, -0.1) is 0 Å². The number of nitrogens with one attached hydrogen (secondary N) is 2. The second kappa shape index (κ2) is 11.2. The van der Waals surface area contributed by atoms with Gasteiger partial charge in [-0.2, -0.15) is 5.10 Å². The monoisotopic (exact) mass is 405 g/mol. The standard InChI is InChI=1S/C21H39N7O/c1-7-16(8-2)20(29)28-11-9-18(10-12-28)25-21(22-3)23-14-19(26(4)5)17-13-24-27(6)15-17/h13,15-16,18-19H,7-12,14H2,1-6H3,(H2,22,23,25). The van der Waals surface area contributed by atoms with Crippen LogP contribution in [0.2, 0.25) is 0 Å². The summed E-state index contributed by atoms with van der Waals surface area (Å²) in [5, 5.41) is 11.3. The molecule has 1 amide bonds. The molecule has 0 spiro atoms. The average molecular weight is 406 g/mol. The molecule has 2 N–H and O–H groups in total. The molecule has 0 aliphatic carbocycles. The number of aryl methyl sites for hydroxylation is 1. The number of amides is 1. The van der Waals surface area contributed by atoms with Crippen molar-refractivity contribution in [2.45, 2.75) is 51.6 Å². The fourth-order valence-electron chi connectivity index (χ4n) is 3.93. The summed E-state index contributed by atoms with van der Waals surface area (Å²) in [7, 11) is 7.88. The van der Waals surface area contributed by atoms with Crippen LogP contribution in [0.15, 0.2) is 17.4 Å². The highest BCUT2D eigenvalue weighted by molar-refractivity contribution is 5.80. The van der Waals surface area contributed by atoms with Gasteiger partial charge in [-0.3, -0.25) is 14.5 Å². The molecule has 1 unspecified atom stereocenters. The molecular formula is C21H39N7O. The van der Waals surface area contributed by atoms with E-state index in [1.165, 1.54) is 5.56 Å². The van der Waals surface area contributed by atoms with E-state index in [2.05, 4.69) is 59.8 Å². The van der Waals surface area contributed by atoms with Crippen molar-refractivity contribution in [1.82, 2.24) is 30.2 Å². The van der Waals surface area contributed by atoms with Gasteiger partial charge in [-0.25, -0.2) is 0 Å². The molecule has 1 aromatic heterocycles. The number of nitrogens with zero attached hydrogens (tertiary/aromatic N) is 5. The number of piperidine rings is 1. The summed E-state index contributed by atoms with van der Waals surface area (Å²) in [6.07, 6.45) is 7.71. The molecule has 1 aliphatic rings. The second-order valence-electron chi connectivity index (χ2n) is 8.14. The Balaban J connectivity index is 1.84. The van der Waals surface area contributed by atoms with Gasteiger partial charge in [-0.05, 0) is 39.8 Å². The molecule has 0 aromatic carbocycles. The predicted octanol–water partition coefficient (Wildman–Crippen LogP) is 1.62. The SMILES string of the molecule is CCC(CC)C(=O)N1CCC(NC(=NC)NCC(c2cnn(C)c2)N(C)C)CC1. The van der Waals surface area contributed by atoms with Crippen molar-refractivity contribution in [2.24, 2.45) is 18.0 Å². The molecule has 8 heteroatoms. The fourth-order valence-corrected chi connectivity index (χ4v) is 3.93. The molecule has 8 nitrogen and oxygen atoms in total. The molecule has 0 radical (unpaired) electrons. The Hall–Kier alpha value is -2.09. The number of aliphatic imine (C=N–C) groups is 1. The van der Waals surface area contributed by atoms with Crippen molar-refractivity contribution < 1.29 is 4.79 Å². The van der Waals surface area contributed by atoms with Crippen LogP contribution in [-0.2, 0) is 11.8 Å². The van der Waals surface area contributed by atoms with E-state index in [0.29, 0.717) is 11.9 Å². The third-order valence-corrected chi connectivity index (χ3v) is 5.90. The van der Waals surface area contributed by atoms with Crippen molar-refractivity contribution in [2.75, 3.05) is 40.8 Å². The zero-order chi connectivity index (χ0) is 21.4. The van der Waals surface area contributed by atoms with Crippen LogP contribution in [0, 0.1) is 5.92 Å². The summed E-state index contributed by atoms with van der Waals surface area (Å²) in [4.78, 5) is 21.2. The number of carbonyl (C=O) groups is 1. The van der Waals surface area contributed by atoms with E-state index in [1.54, 1.807) is 7.05 Å². The Bertz CT molecular complexity index is 658. The Morgan fingerprint density at radius 2 is 1.97 bits per heavy atom. The first-order valence-corrected chi connectivity index (χ1v) is 10.8. The molecule has 2 rings (SSSR count). The Morgan fingerprint density at radius 3 is 2.45 bits per heavy atom. The van der Waals surface area contributed by atoms with Crippen LogP contribution in [0.5, 0.6) is 0 Å². The van der Waals surface area contributed by atoms with E-state index >= 15 is 0 Å². The van der Waals surface area contributed by atoms with Gasteiger partial charge >= 0.3 is 0 Å². The number of carbonyl (C=O) groups excluding carboxylic acids is 1. The maximum Gasteiger partial charge on any atom is 0.225 e. The van der Waals surface area contributed by atoms with E-state index < -0.39 is 0 Å². The summed E-state index contributed by atoms with van der Waals surface area (Å²) in [6, 6.07) is 0.546. The lowest BCUT2D eigenvalue weighted by Crippen LogP contribution is -2.51. The number of guanidine groups is 1. The van der Waals surface area contributed by atoms with E-state index in [0.717, 1.165) is 51.3 Å². The number of rotatable bonds is 8. The van der Waals surface area contributed by atoms with E-state index in [4.69, 9.17) is 0 Å². The zero-order valence-corrected chi connectivity index (χ0v) is 19.0. The van der Waals surface area contributed by atoms with Crippen LogP contribution < -0.4 is 10.6 Å². The Labute approximate surface area is 175 Å². The van der Waals surface area contributed by atoms with Crippen molar-refractivity contribution in [3.63, 3.8) is 0 Å². The quantitative estimate of drug-likeness (QED) is 0.508. The van der Waals surface area contributed by atoms with Gasteiger partial charge in [0.2, 0.25) is 5.91 Å². The highest BCUT2D eigenvalue weighted by atomic mass is 16.2. The summed E-state index contributed by atoms with van der Waals surface area (Å²) in [5.41, 5.74) is 1.17. The lowest BCUT2D eigenvalue weighted by molar-refractivity contribution is -0.136. The highest BCUT2D eigenvalue weighted by Crippen LogP contribution is 2.18. The van der Waals surface area contributed by atoms with Gasteiger partial charge in [0.05, 0.1) is 12.2 Å². The van der Waals surface area contributed by atoms with Crippen LogP contribution in [0.25, 0.3) is 0 Å². The first kappa shape index (κ1) is 23.2. The number of hydrogen-bond donors (Lipinski definition) is 2. The molecule has 1 aromatic rings. The smallest absolute Gasteiger partial charge is 0.225 e. The lowest BCUT2D eigenvalue weighted by atomic mass is 9.98. The van der Waals surface area contributed by atoms with Crippen LogP contribution in [-0.4, -0.2) is 78.3 Å². The molecular weight excluding hydrogens is 366 g/mol. The highest BCUT2D eigenvalue weighted by Gasteiger charge is 2.27. The first-order valence-electron chi connectivity index (χ1n) is 10.8. The minimum Gasteiger partial charge on any atom is -0.354 e. The molecule has 1 aliphatic heterocycles. The molecule has 29 heavy (non-hydrogen) atoms. The van der Waals surface area contributed by atoms with E-state index in [-0.39, 0.29) is 12.0 Å². The first-order chi connectivity index (χ1) is 13.9. The molecule has 0 bridgehead atoms. The summed E-state index contributed by atoms with van der Waals surface area (Å²) in [5.74, 6) is 1.30. The summed E-state index contributed by atoms with van der Waals surface area (Å²) in [6.45, 7) is 6.58. The van der Waals surface area contributed by atoms with Crippen LogP contribution in [0.3, 0.4) is 0 Å². The van der Waals surface area contributed by atoms with Gasteiger partial charge in [0.15, 0.2) is 5.96 Å². The third kappa shape index (κ3) is 6.45. The van der Waals surface area contributed by atoms with E-state index in [9.17, 15) is 4.79 Å². The Kier molecular flexibility index (Phi) is 8.95.